The molecule has 0 radical (unpaired) electrons. The first-order valence-corrected chi connectivity index (χ1v) is 12.4. The van der Waals surface area contributed by atoms with Gasteiger partial charge in [0.25, 0.3) is 0 Å². The molecule has 10 nitrogen and oxygen atoms in total. The summed E-state index contributed by atoms with van der Waals surface area (Å²) in [5, 5.41) is 15.1. The minimum absolute atomic E-state index is 0.246. The molecular formula is C25H27ClFN7O3. The highest BCUT2D eigenvalue weighted by Crippen LogP contribution is 2.26. The monoisotopic (exact) mass is 527 g/mol. The zero-order chi connectivity index (χ0) is 25.9. The summed E-state index contributed by atoms with van der Waals surface area (Å²) in [6.07, 6.45) is 1.69. The van der Waals surface area contributed by atoms with E-state index in [1.165, 1.54) is 12.3 Å². The van der Waals surface area contributed by atoms with Crippen molar-refractivity contribution in [1.82, 2.24) is 29.7 Å². The lowest BCUT2D eigenvalue weighted by Crippen LogP contribution is -2.35. The molecule has 5 rings (SSSR count). The molecule has 1 aromatic carbocycles. The van der Waals surface area contributed by atoms with E-state index in [0.29, 0.717) is 47.6 Å². The van der Waals surface area contributed by atoms with Crippen molar-refractivity contribution < 1.29 is 18.7 Å². The fraction of sp³-hybridized carbons (Fsp3) is 0.360. The molecule has 194 valence electrons. The van der Waals surface area contributed by atoms with Crippen LogP contribution in [0.4, 0.5) is 16.0 Å². The molecule has 1 aliphatic rings. The van der Waals surface area contributed by atoms with Crippen molar-refractivity contribution in [2.75, 3.05) is 38.2 Å². The Bertz CT molecular complexity index is 1430. The van der Waals surface area contributed by atoms with Crippen molar-refractivity contribution >= 4 is 34.9 Å². The predicted octanol–water partition coefficient (Wildman–Crippen LogP) is 3.90. The number of benzene rings is 1. The number of fused-ring (bicyclic) bond motifs is 1. The Morgan fingerprint density at radius 2 is 2.08 bits per heavy atom. The molecule has 0 atom stereocenters. The third-order valence-corrected chi connectivity index (χ3v) is 6.45. The largest absolute Gasteiger partial charge is 0.462 e. The van der Waals surface area contributed by atoms with Crippen LogP contribution in [0.2, 0.25) is 5.02 Å². The van der Waals surface area contributed by atoms with E-state index >= 15 is 0 Å². The fourth-order valence-electron chi connectivity index (χ4n) is 4.33. The van der Waals surface area contributed by atoms with Gasteiger partial charge in [-0.2, -0.15) is 5.10 Å². The first-order valence-electron chi connectivity index (χ1n) is 12.0. The number of nitrogens with one attached hydrogen (secondary N) is 2. The van der Waals surface area contributed by atoms with Crippen LogP contribution in [0.15, 0.2) is 30.5 Å². The van der Waals surface area contributed by atoms with Gasteiger partial charge in [-0.15, -0.1) is 5.10 Å². The first-order chi connectivity index (χ1) is 17.9. The van der Waals surface area contributed by atoms with Gasteiger partial charge in [0.05, 0.1) is 37.4 Å². The lowest BCUT2D eigenvalue weighted by molar-refractivity contribution is 0.0343. The van der Waals surface area contributed by atoms with Gasteiger partial charge >= 0.3 is 5.97 Å². The van der Waals surface area contributed by atoms with Crippen LogP contribution in [0.1, 0.15) is 39.8 Å². The first kappa shape index (κ1) is 25.1. The quantitative estimate of drug-likeness (QED) is 0.332. The second-order valence-electron chi connectivity index (χ2n) is 8.74. The number of morpholine rings is 1. The van der Waals surface area contributed by atoms with Gasteiger partial charge in [-0.3, -0.25) is 10.00 Å². The molecular weight excluding hydrogens is 501 g/mol. The molecule has 1 saturated heterocycles. The normalized spacial score (nSPS) is 14.3. The number of hydrogen-bond acceptors (Lipinski definition) is 8. The average Bonchev–Trinajstić information content (AvgIpc) is 3.46. The van der Waals surface area contributed by atoms with Crippen LogP contribution in [-0.2, 0) is 22.4 Å². The third kappa shape index (κ3) is 5.43. The Hall–Kier alpha value is -3.54. The van der Waals surface area contributed by atoms with Crippen LogP contribution >= 0.6 is 11.6 Å². The van der Waals surface area contributed by atoms with Crippen LogP contribution < -0.4 is 5.32 Å². The summed E-state index contributed by atoms with van der Waals surface area (Å²) in [6.45, 7) is 7.43. The Kier molecular flexibility index (Phi) is 7.36. The number of H-pyrrole nitrogens is 1. The molecule has 0 bridgehead atoms. The Morgan fingerprint density at radius 3 is 2.84 bits per heavy atom. The fourth-order valence-corrected chi connectivity index (χ4v) is 4.49. The van der Waals surface area contributed by atoms with Crippen molar-refractivity contribution in [3.63, 3.8) is 0 Å². The Labute approximate surface area is 217 Å². The summed E-state index contributed by atoms with van der Waals surface area (Å²) >= 11 is 5.95. The molecule has 0 saturated carbocycles. The number of carbonyl (C=O) groups is 1. The number of aromatic amines is 1. The molecule has 0 spiro atoms. The standard InChI is InChI=1S/C25H27ClFN7O3/c1-3-37-25(35)19-13-28-31-23(19)30-22-11-17(14-33-6-8-36-9-7-33)24-29-15(2)21(34(24)32-22)10-16-4-5-18(26)12-20(16)27/h4-5,11-13H,3,6-10,14H2,1-2H3,(H2,28,30,31,32). The highest BCUT2D eigenvalue weighted by atomic mass is 35.5. The van der Waals surface area contributed by atoms with Gasteiger partial charge in [0.15, 0.2) is 11.5 Å². The molecule has 37 heavy (non-hydrogen) atoms. The van der Waals surface area contributed by atoms with Crippen molar-refractivity contribution in [3.05, 3.63) is 69.4 Å². The number of hydrogen-bond donors (Lipinski definition) is 2. The highest BCUT2D eigenvalue weighted by Gasteiger charge is 2.21. The maximum absolute atomic E-state index is 14.7. The Balaban J connectivity index is 1.56. The van der Waals surface area contributed by atoms with Crippen molar-refractivity contribution in [2.45, 2.75) is 26.8 Å². The Morgan fingerprint density at radius 1 is 1.27 bits per heavy atom. The second kappa shape index (κ2) is 10.8. The predicted molar refractivity (Wildman–Crippen MR) is 136 cm³/mol. The topological polar surface area (TPSA) is 110 Å². The minimum Gasteiger partial charge on any atom is -0.462 e. The van der Waals surface area contributed by atoms with Crippen LogP contribution in [0.3, 0.4) is 0 Å². The molecule has 1 aliphatic heterocycles. The van der Waals surface area contributed by atoms with Gasteiger partial charge in [0.2, 0.25) is 0 Å². The number of carbonyl (C=O) groups excluding carboxylic acids is 1. The molecule has 3 aromatic heterocycles. The second-order valence-corrected chi connectivity index (χ2v) is 9.18. The maximum atomic E-state index is 14.7. The van der Waals surface area contributed by atoms with Crippen molar-refractivity contribution in [3.8, 4) is 0 Å². The average molecular weight is 528 g/mol. The van der Waals surface area contributed by atoms with Crippen LogP contribution in [0, 0.1) is 12.7 Å². The smallest absolute Gasteiger partial charge is 0.343 e. The number of imidazole rings is 1. The SMILES string of the molecule is CCOC(=O)c1cn[nH]c1Nc1cc(CN2CCOCC2)c2nc(C)c(Cc3ccc(Cl)cc3F)n2n1. The van der Waals surface area contributed by atoms with E-state index in [9.17, 15) is 9.18 Å². The van der Waals surface area contributed by atoms with E-state index in [-0.39, 0.29) is 24.4 Å². The molecule has 2 N–H and O–H groups in total. The van der Waals surface area contributed by atoms with Gasteiger partial charge in [0.1, 0.15) is 17.2 Å². The van der Waals surface area contributed by atoms with E-state index < -0.39 is 5.97 Å². The van der Waals surface area contributed by atoms with Crippen LogP contribution in [0.5, 0.6) is 0 Å². The number of halogens is 2. The number of ether oxygens (including phenoxy) is 2. The van der Waals surface area contributed by atoms with E-state index in [0.717, 1.165) is 30.0 Å². The lowest BCUT2D eigenvalue weighted by Gasteiger charge is -2.26. The van der Waals surface area contributed by atoms with Gasteiger partial charge in [0, 0.05) is 36.6 Å². The molecule has 4 aromatic rings. The molecule has 0 amide bonds. The summed E-state index contributed by atoms with van der Waals surface area (Å²) in [6, 6.07) is 6.54. The molecule has 4 heterocycles. The van der Waals surface area contributed by atoms with Crippen molar-refractivity contribution in [1.29, 1.82) is 0 Å². The van der Waals surface area contributed by atoms with Gasteiger partial charge < -0.3 is 14.8 Å². The maximum Gasteiger partial charge on any atom is 0.343 e. The van der Waals surface area contributed by atoms with E-state index in [1.54, 1.807) is 23.6 Å². The minimum atomic E-state index is -0.495. The van der Waals surface area contributed by atoms with Gasteiger partial charge in [-0.05, 0) is 37.6 Å². The van der Waals surface area contributed by atoms with Crippen LogP contribution in [0.25, 0.3) is 5.65 Å². The summed E-state index contributed by atoms with van der Waals surface area (Å²) in [5.74, 6) is -0.0440. The number of rotatable bonds is 8. The number of aromatic nitrogens is 5. The van der Waals surface area contributed by atoms with Crippen LogP contribution in [-0.4, -0.2) is 68.6 Å². The third-order valence-electron chi connectivity index (χ3n) is 6.21. The molecule has 12 heteroatoms. The van der Waals surface area contributed by atoms with E-state index in [1.807, 2.05) is 13.0 Å². The van der Waals surface area contributed by atoms with Gasteiger partial charge in [-0.1, -0.05) is 17.7 Å². The zero-order valence-electron chi connectivity index (χ0n) is 20.6. The van der Waals surface area contributed by atoms with E-state index in [2.05, 4.69) is 20.4 Å². The summed E-state index contributed by atoms with van der Waals surface area (Å²) < 4.78 is 27.0. The number of aryl methyl sites for hydroxylation is 1. The zero-order valence-corrected chi connectivity index (χ0v) is 21.3. The van der Waals surface area contributed by atoms with Crippen molar-refractivity contribution in [2.24, 2.45) is 0 Å². The number of esters is 1. The molecule has 0 unspecified atom stereocenters. The number of anilines is 2. The summed E-state index contributed by atoms with van der Waals surface area (Å²) in [7, 11) is 0. The molecule has 1 fully saturated rings. The van der Waals surface area contributed by atoms with E-state index in [4.69, 9.17) is 31.2 Å². The summed E-state index contributed by atoms with van der Waals surface area (Å²) in [5.41, 5.74) is 3.87. The molecule has 0 aliphatic carbocycles. The van der Waals surface area contributed by atoms with Gasteiger partial charge in [-0.25, -0.2) is 18.7 Å². The summed E-state index contributed by atoms with van der Waals surface area (Å²) in [4.78, 5) is 19.4. The number of nitrogens with zero attached hydrogens (tertiary/aromatic N) is 5. The lowest BCUT2D eigenvalue weighted by atomic mass is 10.1. The highest BCUT2D eigenvalue weighted by molar-refractivity contribution is 6.30.